The number of anilines is 2. The number of fused-ring (bicyclic) bond motifs is 1. The third kappa shape index (κ3) is 4.03. The number of nitrogens with zero attached hydrogens (tertiary/aromatic N) is 1. The predicted molar refractivity (Wildman–Crippen MR) is 107 cm³/mol. The molecule has 0 fully saturated rings. The highest BCUT2D eigenvalue weighted by Crippen LogP contribution is 2.33. The van der Waals surface area contributed by atoms with Gasteiger partial charge in [0.25, 0.3) is 5.91 Å². The first kappa shape index (κ1) is 17.4. The number of hydrogen-bond acceptors (Lipinski definition) is 6. The number of carbonyl (C=O) groups is 1. The van der Waals surface area contributed by atoms with Crippen LogP contribution in [0.3, 0.4) is 0 Å². The normalized spacial score (nSPS) is 12.7. The summed E-state index contributed by atoms with van der Waals surface area (Å²) in [6, 6.07) is 13.8. The minimum absolute atomic E-state index is 0.0608. The molecule has 0 aliphatic carbocycles. The molecule has 0 bridgehead atoms. The maximum absolute atomic E-state index is 11.5. The van der Waals surface area contributed by atoms with E-state index in [1.807, 2.05) is 35.7 Å². The van der Waals surface area contributed by atoms with Crippen molar-refractivity contribution in [1.29, 1.82) is 0 Å². The first-order valence-electron chi connectivity index (χ1n) is 8.61. The lowest BCUT2D eigenvalue weighted by atomic mass is 10.1. The number of thiazole rings is 1. The minimum atomic E-state index is -0.140. The molecule has 0 spiro atoms. The van der Waals surface area contributed by atoms with Gasteiger partial charge in [0.15, 0.2) is 11.7 Å². The summed E-state index contributed by atoms with van der Waals surface area (Å²) in [7, 11) is 1.67. The second kappa shape index (κ2) is 7.67. The van der Waals surface area contributed by atoms with Gasteiger partial charge in [-0.3, -0.25) is 4.79 Å². The van der Waals surface area contributed by atoms with Gasteiger partial charge in [0, 0.05) is 17.5 Å². The average Bonchev–Trinajstić information content (AvgIpc) is 3.17. The smallest absolute Gasteiger partial charge is 0.262 e. The second-order valence-electron chi connectivity index (χ2n) is 6.11. The fourth-order valence-corrected chi connectivity index (χ4v) is 3.58. The van der Waals surface area contributed by atoms with Gasteiger partial charge in [-0.15, -0.1) is 11.3 Å². The summed E-state index contributed by atoms with van der Waals surface area (Å²) in [5.41, 5.74) is 3.74. The Kier molecular flexibility index (Phi) is 4.93. The van der Waals surface area contributed by atoms with Gasteiger partial charge < -0.3 is 20.1 Å². The fraction of sp³-hybridized carbons (Fsp3) is 0.200. The fourth-order valence-electron chi connectivity index (χ4n) is 2.84. The molecular formula is C20H19N3O3S. The van der Waals surface area contributed by atoms with Crippen molar-refractivity contribution in [2.24, 2.45) is 0 Å². The molecule has 1 aliphatic heterocycles. The monoisotopic (exact) mass is 381 g/mol. The summed E-state index contributed by atoms with van der Waals surface area (Å²) in [6.45, 7) is 0.860. The van der Waals surface area contributed by atoms with E-state index in [1.165, 1.54) is 5.56 Å². The predicted octanol–water partition coefficient (Wildman–Crippen LogP) is 3.80. The van der Waals surface area contributed by atoms with Crippen molar-refractivity contribution in [1.82, 2.24) is 4.98 Å². The van der Waals surface area contributed by atoms with Gasteiger partial charge in [0.05, 0.1) is 18.5 Å². The maximum atomic E-state index is 11.5. The highest BCUT2D eigenvalue weighted by Gasteiger charge is 2.17. The SMILES string of the molecule is COc1ccc(CCNc2nc(-c3ccc4c(c3)NC(=O)CO4)cs2)cc1. The minimum Gasteiger partial charge on any atom is -0.497 e. The van der Waals surface area contributed by atoms with E-state index in [0.717, 1.165) is 35.1 Å². The zero-order valence-electron chi connectivity index (χ0n) is 14.8. The summed E-state index contributed by atoms with van der Waals surface area (Å²) < 4.78 is 10.6. The molecule has 1 aromatic heterocycles. The van der Waals surface area contributed by atoms with Crippen molar-refractivity contribution < 1.29 is 14.3 Å². The Labute approximate surface area is 161 Å². The number of aromatic nitrogens is 1. The van der Waals surface area contributed by atoms with Crippen LogP contribution in [0.2, 0.25) is 0 Å². The van der Waals surface area contributed by atoms with Crippen molar-refractivity contribution in [2.45, 2.75) is 6.42 Å². The van der Waals surface area contributed by atoms with Crippen LogP contribution < -0.4 is 20.1 Å². The van der Waals surface area contributed by atoms with Crippen LogP contribution in [0.15, 0.2) is 47.8 Å². The van der Waals surface area contributed by atoms with Crippen molar-refractivity contribution in [3.05, 3.63) is 53.4 Å². The molecule has 3 aromatic rings. The van der Waals surface area contributed by atoms with Crippen molar-refractivity contribution >= 4 is 28.1 Å². The van der Waals surface area contributed by atoms with Crippen LogP contribution in [0.4, 0.5) is 10.8 Å². The molecule has 0 unspecified atom stereocenters. The molecule has 2 N–H and O–H groups in total. The molecule has 1 aliphatic rings. The van der Waals surface area contributed by atoms with E-state index >= 15 is 0 Å². The van der Waals surface area contributed by atoms with Gasteiger partial charge in [-0.1, -0.05) is 12.1 Å². The lowest BCUT2D eigenvalue weighted by molar-refractivity contribution is -0.118. The quantitative estimate of drug-likeness (QED) is 0.679. The van der Waals surface area contributed by atoms with Gasteiger partial charge >= 0.3 is 0 Å². The molecule has 0 atom stereocenters. The first-order chi connectivity index (χ1) is 13.2. The van der Waals surface area contributed by atoms with E-state index in [1.54, 1.807) is 18.4 Å². The van der Waals surface area contributed by atoms with Crippen LogP contribution in [0.5, 0.6) is 11.5 Å². The molecule has 2 aromatic carbocycles. The summed E-state index contributed by atoms with van der Waals surface area (Å²) >= 11 is 1.56. The van der Waals surface area contributed by atoms with Crippen LogP contribution in [0, 0.1) is 0 Å². The molecule has 7 heteroatoms. The number of benzene rings is 2. The lowest BCUT2D eigenvalue weighted by Gasteiger charge is -2.18. The summed E-state index contributed by atoms with van der Waals surface area (Å²) in [5, 5.41) is 9.06. The molecule has 27 heavy (non-hydrogen) atoms. The molecular weight excluding hydrogens is 362 g/mol. The highest BCUT2D eigenvalue weighted by atomic mass is 32.1. The maximum Gasteiger partial charge on any atom is 0.262 e. The number of nitrogens with one attached hydrogen (secondary N) is 2. The first-order valence-corrected chi connectivity index (χ1v) is 9.48. The highest BCUT2D eigenvalue weighted by molar-refractivity contribution is 7.14. The summed E-state index contributed by atoms with van der Waals surface area (Å²) in [6.07, 6.45) is 0.904. The topological polar surface area (TPSA) is 72.5 Å². The van der Waals surface area contributed by atoms with Crippen LogP contribution >= 0.6 is 11.3 Å². The van der Waals surface area contributed by atoms with Crippen LogP contribution in [-0.2, 0) is 11.2 Å². The van der Waals surface area contributed by atoms with Crippen molar-refractivity contribution in [2.75, 3.05) is 30.9 Å². The number of amides is 1. The van der Waals surface area contributed by atoms with Crippen molar-refractivity contribution in [3.63, 3.8) is 0 Å². The zero-order valence-corrected chi connectivity index (χ0v) is 15.6. The molecule has 0 saturated carbocycles. The van der Waals surface area contributed by atoms with E-state index in [2.05, 4.69) is 27.8 Å². The molecule has 138 valence electrons. The number of ether oxygens (including phenoxy) is 2. The van der Waals surface area contributed by atoms with E-state index in [0.29, 0.717) is 11.4 Å². The molecule has 4 rings (SSSR count). The van der Waals surface area contributed by atoms with Gasteiger partial charge in [-0.25, -0.2) is 4.98 Å². The van der Waals surface area contributed by atoms with Crippen LogP contribution in [0.1, 0.15) is 5.56 Å². The van der Waals surface area contributed by atoms with E-state index < -0.39 is 0 Å². The Balaban J connectivity index is 1.38. The van der Waals surface area contributed by atoms with Crippen LogP contribution in [0.25, 0.3) is 11.3 Å². The largest absolute Gasteiger partial charge is 0.497 e. The van der Waals surface area contributed by atoms with E-state index in [4.69, 9.17) is 9.47 Å². The summed E-state index contributed by atoms with van der Waals surface area (Å²) in [5.74, 6) is 1.41. The van der Waals surface area contributed by atoms with Crippen LogP contribution in [-0.4, -0.2) is 31.2 Å². The Hall–Kier alpha value is -3.06. The number of carbonyl (C=O) groups excluding carboxylic acids is 1. The average molecular weight is 381 g/mol. The lowest BCUT2D eigenvalue weighted by Crippen LogP contribution is -2.25. The third-order valence-corrected chi connectivity index (χ3v) is 5.06. The Morgan fingerprint density at radius 3 is 2.93 bits per heavy atom. The Morgan fingerprint density at radius 2 is 2.11 bits per heavy atom. The van der Waals surface area contributed by atoms with Gasteiger partial charge in [0.1, 0.15) is 11.5 Å². The standard InChI is InChI=1S/C20H19N3O3S/c1-25-15-5-2-13(3-6-15)8-9-21-20-23-17(12-27-20)14-4-7-18-16(10-14)22-19(24)11-26-18/h2-7,10,12H,8-9,11H2,1H3,(H,21,23)(H,22,24). The van der Waals surface area contributed by atoms with Gasteiger partial charge in [-0.05, 0) is 42.3 Å². The molecule has 1 amide bonds. The summed E-state index contributed by atoms with van der Waals surface area (Å²) in [4.78, 5) is 16.1. The molecule has 2 heterocycles. The number of methoxy groups -OCH3 is 1. The van der Waals surface area contributed by atoms with Gasteiger partial charge in [0.2, 0.25) is 0 Å². The number of rotatable bonds is 6. The zero-order chi connectivity index (χ0) is 18.6. The molecule has 0 radical (unpaired) electrons. The molecule has 0 saturated heterocycles. The third-order valence-electron chi connectivity index (χ3n) is 4.26. The Bertz CT molecular complexity index is 953. The van der Waals surface area contributed by atoms with E-state index in [-0.39, 0.29) is 12.5 Å². The van der Waals surface area contributed by atoms with Crippen molar-refractivity contribution in [3.8, 4) is 22.8 Å². The van der Waals surface area contributed by atoms with Gasteiger partial charge in [-0.2, -0.15) is 0 Å². The molecule has 6 nitrogen and oxygen atoms in total. The second-order valence-corrected chi connectivity index (χ2v) is 6.97. The Morgan fingerprint density at radius 1 is 1.26 bits per heavy atom. The number of hydrogen-bond donors (Lipinski definition) is 2. The van der Waals surface area contributed by atoms with E-state index in [9.17, 15) is 4.79 Å².